The molecule has 19 heavy (non-hydrogen) atoms. The summed E-state index contributed by atoms with van der Waals surface area (Å²) in [4.78, 5) is 1.24. The minimum atomic E-state index is 1.17. The van der Waals surface area contributed by atoms with Crippen molar-refractivity contribution in [3.8, 4) is 10.4 Å². The molecule has 0 atom stereocenters. The number of aromatic nitrogens is 2. The van der Waals surface area contributed by atoms with Crippen LogP contribution in [0.15, 0.2) is 66.9 Å². The molecule has 0 aliphatic carbocycles. The summed E-state index contributed by atoms with van der Waals surface area (Å²) in [7, 11) is 0. The molecule has 4 aromatic rings. The van der Waals surface area contributed by atoms with Crippen LogP contribution in [0.5, 0.6) is 0 Å². The van der Waals surface area contributed by atoms with Crippen molar-refractivity contribution in [3.05, 3.63) is 66.9 Å². The van der Waals surface area contributed by atoms with Gasteiger partial charge in [0.15, 0.2) is 11.5 Å². The molecule has 0 saturated heterocycles. The first-order chi connectivity index (χ1) is 9.42. The van der Waals surface area contributed by atoms with Crippen LogP contribution < -0.4 is 3.90 Å². The maximum absolute atomic E-state index is 4.49. The van der Waals surface area contributed by atoms with Crippen molar-refractivity contribution < 1.29 is 3.90 Å². The van der Waals surface area contributed by atoms with E-state index in [0.717, 1.165) is 0 Å². The van der Waals surface area contributed by atoms with Gasteiger partial charge in [0, 0.05) is 20.5 Å². The molecule has 4 rings (SSSR count). The molecule has 2 aromatic heterocycles. The Bertz CT molecular complexity index is 866. The van der Waals surface area contributed by atoms with Crippen LogP contribution in [-0.4, -0.2) is 5.10 Å². The first-order valence-corrected chi connectivity index (χ1v) is 6.95. The molecule has 0 amide bonds. The number of nitrogens with zero attached hydrogens (tertiary/aromatic N) is 2. The second-order valence-electron chi connectivity index (χ2n) is 4.46. The van der Waals surface area contributed by atoms with Crippen molar-refractivity contribution in [1.82, 2.24) is 5.10 Å². The Kier molecular flexibility index (Phi) is 2.32. The number of hydrogen-bond acceptors (Lipinski definition) is 2. The quantitative estimate of drug-likeness (QED) is 0.478. The molecule has 3 heteroatoms. The molecular formula is C16H11N2S+. The van der Waals surface area contributed by atoms with Crippen LogP contribution in [-0.2, 0) is 0 Å². The van der Waals surface area contributed by atoms with Crippen molar-refractivity contribution in [2.75, 3.05) is 0 Å². The predicted octanol–water partition coefficient (Wildman–Crippen LogP) is 3.70. The lowest BCUT2D eigenvalue weighted by Crippen LogP contribution is -2.19. The van der Waals surface area contributed by atoms with E-state index in [4.69, 9.17) is 0 Å². The molecule has 2 heterocycles. The van der Waals surface area contributed by atoms with Gasteiger partial charge < -0.3 is 0 Å². The SMILES string of the molecule is c1ccc(-c2cc3c4ccccc4cn[n+]3s2)cc1. The first-order valence-electron chi connectivity index (χ1n) is 6.17. The summed E-state index contributed by atoms with van der Waals surface area (Å²) in [6, 6.07) is 21.0. The zero-order chi connectivity index (χ0) is 12.7. The average molecular weight is 263 g/mol. The van der Waals surface area contributed by atoms with Gasteiger partial charge in [0.2, 0.25) is 0 Å². The Morgan fingerprint density at radius 1 is 0.895 bits per heavy atom. The van der Waals surface area contributed by atoms with Gasteiger partial charge >= 0.3 is 0 Å². The van der Waals surface area contributed by atoms with E-state index < -0.39 is 0 Å². The molecular weight excluding hydrogens is 252 g/mol. The van der Waals surface area contributed by atoms with E-state index in [2.05, 4.69) is 53.6 Å². The van der Waals surface area contributed by atoms with Gasteiger partial charge in [0.1, 0.15) is 11.1 Å². The number of benzene rings is 2. The maximum atomic E-state index is 4.49. The van der Waals surface area contributed by atoms with Crippen LogP contribution in [0.4, 0.5) is 0 Å². The van der Waals surface area contributed by atoms with E-state index in [9.17, 15) is 0 Å². The van der Waals surface area contributed by atoms with E-state index in [1.165, 1.54) is 26.7 Å². The number of fused-ring (bicyclic) bond motifs is 3. The molecule has 0 saturated carbocycles. The fourth-order valence-corrected chi connectivity index (χ4v) is 3.25. The third-order valence-electron chi connectivity index (χ3n) is 3.26. The summed E-state index contributed by atoms with van der Waals surface area (Å²) in [6.07, 6.45) is 1.92. The van der Waals surface area contributed by atoms with Crippen molar-refractivity contribution in [1.29, 1.82) is 0 Å². The molecule has 0 aliphatic heterocycles. The smallest absolute Gasteiger partial charge is 0.0622 e. The summed E-state index contributed by atoms with van der Waals surface area (Å²) >= 11 is 1.67. The van der Waals surface area contributed by atoms with E-state index in [0.29, 0.717) is 0 Å². The van der Waals surface area contributed by atoms with E-state index in [1.54, 1.807) is 11.5 Å². The minimum Gasteiger partial charge on any atom is -0.0622 e. The zero-order valence-electron chi connectivity index (χ0n) is 10.2. The lowest BCUT2D eigenvalue weighted by molar-refractivity contribution is -0.505. The summed E-state index contributed by atoms with van der Waals surface area (Å²) in [6.45, 7) is 0. The van der Waals surface area contributed by atoms with Gasteiger partial charge in [-0.3, -0.25) is 0 Å². The Hall–Kier alpha value is -2.26. The van der Waals surface area contributed by atoms with Crippen molar-refractivity contribution in [2.45, 2.75) is 0 Å². The van der Waals surface area contributed by atoms with Crippen molar-refractivity contribution >= 4 is 27.8 Å². The maximum Gasteiger partial charge on any atom is 0.263 e. The van der Waals surface area contributed by atoms with Crippen LogP contribution in [0.25, 0.3) is 26.7 Å². The van der Waals surface area contributed by atoms with Gasteiger partial charge in [-0.2, -0.15) is 0 Å². The highest BCUT2D eigenvalue weighted by atomic mass is 32.1. The van der Waals surface area contributed by atoms with Gasteiger partial charge in [0.25, 0.3) is 5.52 Å². The molecule has 0 N–H and O–H groups in total. The highest BCUT2D eigenvalue weighted by molar-refractivity contribution is 7.06. The molecule has 2 nitrogen and oxygen atoms in total. The third kappa shape index (κ3) is 1.71. The van der Waals surface area contributed by atoms with E-state index in [1.807, 2.05) is 22.2 Å². The molecule has 0 aliphatic rings. The Labute approximate surface area is 114 Å². The number of hydrogen-bond donors (Lipinski definition) is 0. The van der Waals surface area contributed by atoms with Gasteiger partial charge in [-0.1, -0.05) is 48.5 Å². The van der Waals surface area contributed by atoms with Crippen molar-refractivity contribution in [3.63, 3.8) is 0 Å². The Morgan fingerprint density at radius 2 is 1.68 bits per heavy atom. The average Bonchev–Trinajstić information content (AvgIpc) is 2.93. The monoisotopic (exact) mass is 263 g/mol. The molecule has 0 radical (unpaired) electrons. The van der Waals surface area contributed by atoms with Crippen molar-refractivity contribution in [2.24, 2.45) is 0 Å². The molecule has 0 fully saturated rings. The van der Waals surface area contributed by atoms with Gasteiger partial charge in [-0.25, -0.2) is 0 Å². The summed E-state index contributed by atoms with van der Waals surface area (Å²) < 4.78 is 1.99. The predicted molar refractivity (Wildman–Crippen MR) is 78.2 cm³/mol. The summed E-state index contributed by atoms with van der Waals surface area (Å²) in [5.74, 6) is 0. The van der Waals surface area contributed by atoms with Crippen LogP contribution in [0, 0.1) is 0 Å². The van der Waals surface area contributed by atoms with E-state index >= 15 is 0 Å². The Morgan fingerprint density at radius 3 is 2.58 bits per heavy atom. The van der Waals surface area contributed by atoms with Crippen LogP contribution >= 0.6 is 11.5 Å². The lowest BCUT2D eigenvalue weighted by Gasteiger charge is -1.90. The summed E-state index contributed by atoms with van der Waals surface area (Å²) in [5, 5.41) is 6.92. The molecule has 0 unspecified atom stereocenters. The number of rotatable bonds is 1. The highest BCUT2D eigenvalue weighted by Crippen LogP contribution is 2.26. The van der Waals surface area contributed by atoms with Gasteiger partial charge in [0.05, 0.1) is 5.39 Å². The topological polar surface area (TPSA) is 17.0 Å². The largest absolute Gasteiger partial charge is 0.263 e. The second-order valence-corrected chi connectivity index (χ2v) is 5.42. The third-order valence-corrected chi connectivity index (χ3v) is 4.27. The normalized spacial score (nSPS) is 11.2. The van der Waals surface area contributed by atoms with Crippen LogP contribution in [0.3, 0.4) is 0 Å². The van der Waals surface area contributed by atoms with Gasteiger partial charge in [-0.05, 0) is 11.6 Å². The Balaban J connectivity index is 2.04. The zero-order valence-corrected chi connectivity index (χ0v) is 11.0. The molecule has 2 aromatic carbocycles. The fraction of sp³-hybridized carbons (Fsp3) is 0. The summed E-state index contributed by atoms with van der Waals surface area (Å²) in [5.41, 5.74) is 2.41. The second kappa shape index (κ2) is 4.14. The molecule has 0 spiro atoms. The molecule has 90 valence electrons. The van der Waals surface area contributed by atoms with Crippen LogP contribution in [0.2, 0.25) is 0 Å². The first kappa shape index (κ1) is 10.6. The lowest BCUT2D eigenvalue weighted by atomic mass is 10.1. The van der Waals surface area contributed by atoms with Gasteiger partial charge in [-0.15, -0.1) is 0 Å². The highest BCUT2D eigenvalue weighted by Gasteiger charge is 2.16. The minimum absolute atomic E-state index is 1.17. The standard InChI is InChI=1S/C16H11N2S/c1-2-6-12(7-3-1)16-10-15-14-9-5-4-8-13(14)11-17-18(15)19-16/h1-11H/q+1. The van der Waals surface area contributed by atoms with E-state index in [-0.39, 0.29) is 0 Å². The van der Waals surface area contributed by atoms with Crippen LogP contribution in [0.1, 0.15) is 0 Å². The fourth-order valence-electron chi connectivity index (χ4n) is 2.31. The molecule has 0 bridgehead atoms.